The average Bonchev–Trinajstić information content (AvgIpc) is 3.41. The van der Waals surface area contributed by atoms with Crippen LogP contribution in [0.2, 0.25) is 0 Å². The second-order valence-electron chi connectivity index (χ2n) is 7.72. The predicted molar refractivity (Wildman–Crippen MR) is 117 cm³/mol. The van der Waals surface area contributed by atoms with Crippen molar-refractivity contribution in [1.29, 1.82) is 0 Å². The van der Waals surface area contributed by atoms with Gasteiger partial charge in [-0.1, -0.05) is 30.3 Å². The Morgan fingerprint density at radius 3 is 2.68 bits per heavy atom. The number of pyridine rings is 1. The molecule has 1 aliphatic heterocycles. The summed E-state index contributed by atoms with van der Waals surface area (Å²) in [6.07, 6.45) is 4.02. The zero-order valence-corrected chi connectivity index (χ0v) is 17.4. The molecule has 3 aromatic heterocycles. The number of imidazole rings is 1. The maximum atomic E-state index is 6.31. The lowest BCUT2D eigenvalue weighted by Gasteiger charge is -2.23. The molecule has 1 fully saturated rings. The number of anilines is 1. The van der Waals surface area contributed by atoms with E-state index in [1.54, 1.807) is 6.20 Å². The van der Waals surface area contributed by atoms with E-state index in [4.69, 9.17) is 25.1 Å². The Balaban J connectivity index is 1.65. The van der Waals surface area contributed by atoms with Crippen LogP contribution in [0, 0.1) is 5.92 Å². The van der Waals surface area contributed by atoms with Crippen molar-refractivity contribution in [1.82, 2.24) is 30.2 Å². The minimum Gasteiger partial charge on any atom is -0.489 e. The van der Waals surface area contributed by atoms with Gasteiger partial charge in [0.25, 0.3) is 0 Å². The highest BCUT2D eigenvalue weighted by molar-refractivity contribution is 5.95. The molecule has 5 rings (SSSR count). The average molecular weight is 419 g/mol. The van der Waals surface area contributed by atoms with E-state index in [-0.39, 0.29) is 5.82 Å². The molecule has 3 N–H and O–H groups in total. The number of rotatable bonds is 6. The Kier molecular flexibility index (Phi) is 5.25. The van der Waals surface area contributed by atoms with E-state index in [0.717, 1.165) is 48.2 Å². The van der Waals surface area contributed by atoms with Crippen molar-refractivity contribution in [3.63, 3.8) is 0 Å². The van der Waals surface area contributed by atoms with Crippen LogP contribution in [0.25, 0.3) is 33.8 Å². The first-order chi connectivity index (χ1) is 15.3. The van der Waals surface area contributed by atoms with Gasteiger partial charge in [0.05, 0.1) is 18.5 Å². The molecule has 4 heterocycles. The summed E-state index contributed by atoms with van der Waals surface area (Å²) < 4.78 is 13.2. The van der Waals surface area contributed by atoms with Crippen LogP contribution in [-0.2, 0) is 6.54 Å². The highest BCUT2D eigenvalue weighted by atomic mass is 16.6. The zero-order valence-electron chi connectivity index (χ0n) is 17.4. The van der Waals surface area contributed by atoms with Gasteiger partial charge in [0.15, 0.2) is 23.1 Å². The topological polar surface area (TPSA) is 117 Å². The Labute approximate surface area is 179 Å². The molecule has 0 amide bonds. The number of piperidine rings is 1. The third-order valence-corrected chi connectivity index (χ3v) is 5.76. The summed E-state index contributed by atoms with van der Waals surface area (Å²) in [4.78, 5) is 9.62. The third-order valence-electron chi connectivity index (χ3n) is 5.76. The molecule has 9 nitrogen and oxygen atoms in total. The molecule has 0 radical (unpaired) electrons. The lowest BCUT2D eigenvalue weighted by molar-refractivity contribution is 0.216. The minimum absolute atomic E-state index is 0.205. The van der Waals surface area contributed by atoms with Gasteiger partial charge in [-0.25, -0.2) is 14.6 Å². The van der Waals surface area contributed by atoms with E-state index >= 15 is 0 Å². The van der Waals surface area contributed by atoms with Crippen LogP contribution in [0.15, 0.2) is 41.2 Å². The van der Waals surface area contributed by atoms with Crippen LogP contribution in [0.5, 0.6) is 5.75 Å². The monoisotopic (exact) mass is 419 g/mol. The van der Waals surface area contributed by atoms with Gasteiger partial charge in [0.1, 0.15) is 11.0 Å². The molecule has 0 bridgehead atoms. The summed E-state index contributed by atoms with van der Waals surface area (Å²) in [6.45, 7) is 5.42. The van der Waals surface area contributed by atoms with Crippen molar-refractivity contribution in [2.45, 2.75) is 26.3 Å². The summed E-state index contributed by atoms with van der Waals surface area (Å²) in [5.74, 6) is 2.03. The zero-order chi connectivity index (χ0) is 21.2. The quantitative estimate of drug-likeness (QED) is 0.490. The molecule has 0 saturated carbocycles. The van der Waals surface area contributed by atoms with E-state index in [1.807, 2.05) is 41.8 Å². The first-order valence-corrected chi connectivity index (χ1v) is 10.6. The summed E-state index contributed by atoms with van der Waals surface area (Å²) in [5.41, 5.74) is 9.79. The number of fused-ring (bicyclic) bond motifs is 1. The van der Waals surface area contributed by atoms with Gasteiger partial charge in [0.2, 0.25) is 0 Å². The number of aromatic nitrogens is 5. The van der Waals surface area contributed by atoms with E-state index in [2.05, 4.69) is 15.6 Å². The number of nitrogens with two attached hydrogens (primary N) is 1. The molecule has 1 saturated heterocycles. The van der Waals surface area contributed by atoms with Crippen LogP contribution in [-0.4, -0.2) is 44.5 Å². The molecular weight excluding hydrogens is 394 g/mol. The van der Waals surface area contributed by atoms with Gasteiger partial charge in [-0.05, 0) is 49.1 Å². The van der Waals surface area contributed by atoms with Crippen molar-refractivity contribution in [2.24, 2.45) is 5.92 Å². The molecule has 0 unspecified atom stereocenters. The number of nitrogens with one attached hydrogen (secondary N) is 1. The number of hydrogen-bond donors (Lipinski definition) is 2. The molecule has 160 valence electrons. The van der Waals surface area contributed by atoms with Crippen LogP contribution in [0.3, 0.4) is 0 Å². The normalized spacial score (nSPS) is 14.9. The fourth-order valence-corrected chi connectivity index (χ4v) is 4.12. The summed E-state index contributed by atoms with van der Waals surface area (Å²) in [5, 5.41) is 11.1. The number of ether oxygens (including phenoxy) is 1. The summed E-state index contributed by atoms with van der Waals surface area (Å²) >= 11 is 0. The standard InChI is InChI=1S/C22H25N7O2/c1-2-29-20-16(30-13-14-8-10-24-11-9-14)12-25-17(15-6-4-3-5-7-15)18(20)26-22(29)19-21(23)28-31-27-19/h3-7,12,14,24H,2,8-11,13H2,1H3,(H2,23,28). The lowest BCUT2D eigenvalue weighted by atomic mass is 9.99. The van der Waals surface area contributed by atoms with Gasteiger partial charge in [-0.15, -0.1) is 0 Å². The third kappa shape index (κ3) is 3.61. The Morgan fingerprint density at radius 1 is 1.16 bits per heavy atom. The second kappa shape index (κ2) is 8.35. The first-order valence-electron chi connectivity index (χ1n) is 10.6. The van der Waals surface area contributed by atoms with E-state index in [0.29, 0.717) is 36.3 Å². The van der Waals surface area contributed by atoms with Crippen LogP contribution in [0.4, 0.5) is 5.82 Å². The fraction of sp³-hybridized carbons (Fsp3) is 0.364. The molecule has 0 aliphatic carbocycles. The number of benzene rings is 1. The minimum atomic E-state index is 0.205. The van der Waals surface area contributed by atoms with E-state index in [9.17, 15) is 0 Å². The van der Waals surface area contributed by atoms with Crippen molar-refractivity contribution in [3.05, 3.63) is 36.5 Å². The van der Waals surface area contributed by atoms with Crippen LogP contribution in [0.1, 0.15) is 19.8 Å². The highest BCUT2D eigenvalue weighted by Crippen LogP contribution is 2.36. The smallest absolute Gasteiger partial charge is 0.199 e. The molecule has 9 heteroatoms. The van der Waals surface area contributed by atoms with Gasteiger partial charge < -0.3 is 20.4 Å². The van der Waals surface area contributed by atoms with E-state index in [1.165, 1.54) is 0 Å². The first kappa shape index (κ1) is 19.5. The SMILES string of the molecule is CCn1c(-c2nonc2N)nc2c(-c3ccccc3)ncc(OCC3CCNCC3)c21. The van der Waals surface area contributed by atoms with Crippen molar-refractivity contribution in [2.75, 3.05) is 25.4 Å². The number of aryl methyl sites for hydroxylation is 1. The maximum Gasteiger partial charge on any atom is 0.199 e. The Hall–Kier alpha value is -3.46. The van der Waals surface area contributed by atoms with Crippen molar-refractivity contribution >= 4 is 16.9 Å². The molecule has 1 aromatic carbocycles. The van der Waals surface area contributed by atoms with Crippen LogP contribution < -0.4 is 15.8 Å². The van der Waals surface area contributed by atoms with Gasteiger partial charge in [0, 0.05) is 12.1 Å². The number of nitrogens with zero attached hydrogens (tertiary/aromatic N) is 5. The molecule has 4 aromatic rings. The van der Waals surface area contributed by atoms with E-state index < -0.39 is 0 Å². The Morgan fingerprint density at radius 2 is 1.97 bits per heavy atom. The molecule has 0 spiro atoms. The number of nitrogen functional groups attached to an aromatic ring is 1. The fourth-order valence-electron chi connectivity index (χ4n) is 4.12. The van der Waals surface area contributed by atoms with Gasteiger partial charge in [-0.3, -0.25) is 0 Å². The van der Waals surface area contributed by atoms with Gasteiger partial charge in [-0.2, -0.15) is 0 Å². The predicted octanol–water partition coefficient (Wildman–Crippen LogP) is 3.13. The maximum absolute atomic E-state index is 6.31. The number of hydrogen-bond acceptors (Lipinski definition) is 8. The van der Waals surface area contributed by atoms with Gasteiger partial charge >= 0.3 is 0 Å². The lowest BCUT2D eigenvalue weighted by Crippen LogP contribution is -2.30. The largest absolute Gasteiger partial charge is 0.489 e. The van der Waals surface area contributed by atoms with Crippen molar-refractivity contribution in [3.8, 4) is 28.5 Å². The van der Waals surface area contributed by atoms with Crippen LogP contribution >= 0.6 is 0 Å². The molecule has 1 aliphatic rings. The second-order valence-corrected chi connectivity index (χ2v) is 7.72. The molecular formula is C22H25N7O2. The highest BCUT2D eigenvalue weighted by Gasteiger charge is 2.24. The molecule has 0 atom stereocenters. The molecule has 31 heavy (non-hydrogen) atoms. The Bertz CT molecular complexity index is 1180. The van der Waals surface area contributed by atoms with Crippen molar-refractivity contribution < 1.29 is 9.37 Å². The summed E-state index contributed by atoms with van der Waals surface area (Å²) in [7, 11) is 0. The summed E-state index contributed by atoms with van der Waals surface area (Å²) in [6, 6.07) is 10.0.